The van der Waals surface area contributed by atoms with Gasteiger partial charge in [-0.2, -0.15) is 0 Å². The number of hydrogen-bond donors (Lipinski definition) is 2. The summed E-state index contributed by atoms with van der Waals surface area (Å²) in [6, 6.07) is 13.8. The van der Waals surface area contributed by atoms with E-state index in [9.17, 15) is 9.59 Å². The molecule has 1 fully saturated rings. The molecule has 222 valence electrons. The summed E-state index contributed by atoms with van der Waals surface area (Å²) in [5.41, 5.74) is 2.47. The summed E-state index contributed by atoms with van der Waals surface area (Å²) in [4.78, 5) is 40.3. The zero-order valence-corrected chi connectivity index (χ0v) is 24.3. The Bertz CT molecular complexity index is 1620. The van der Waals surface area contributed by atoms with Gasteiger partial charge in [0.15, 0.2) is 0 Å². The van der Waals surface area contributed by atoms with Gasteiger partial charge in [0.25, 0.3) is 0 Å². The number of aromatic nitrogens is 3. The van der Waals surface area contributed by atoms with E-state index < -0.39 is 6.04 Å². The molecule has 2 amide bonds. The van der Waals surface area contributed by atoms with Crippen LogP contribution in [0.25, 0.3) is 10.9 Å². The van der Waals surface area contributed by atoms with Gasteiger partial charge in [-0.05, 0) is 55.3 Å². The fraction of sp³-hybridized carbons (Fsp3) is 0.258. The Morgan fingerprint density at radius 2 is 1.98 bits per heavy atom. The first kappa shape index (κ1) is 29.7. The number of hydrogen-bond acceptors (Lipinski definition) is 9. The topological polar surface area (TPSA) is 128 Å². The zero-order valence-electron chi connectivity index (χ0n) is 23.6. The van der Waals surface area contributed by atoms with E-state index in [1.54, 1.807) is 37.6 Å². The number of amides is 2. The van der Waals surface area contributed by atoms with E-state index in [2.05, 4.69) is 32.2 Å². The highest BCUT2D eigenvalue weighted by atomic mass is 35.5. The van der Waals surface area contributed by atoms with E-state index in [0.29, 0.717) is 64.2 Å². The van der Waals surface area contributed by atoms with Gasteiger partial charge >= 0.3 is 0 Å². The van der Waals surface area contributed by atoms with Crippen molar-refractivity contribution in [1.29, 1.82) is 0 Å². The first-order valence-corrected chi connectivity index (χ1v) is 14.1. The van der Waals surface area contributed by atoms with Crippen molar-refractivity contribution in [2.75, 3.05) is 37.5 Å². The van der Waals surface area contributed by atoms with Crippen LogP contribution in [0.5, 0.6) is 11.5 Å². The second kappa shape index (κ2) is 14.0. The number of halogens is 1. The van der Waals surface area contributed by atoms with Gasteiger partial charge in [-0.1, -0.05) is 24.2 Å². The minimum atomic E-state index is -0.613. The van der Waals surface area contributed by atoms with Gasteiger partial charge in [-0.15, -0.1) is 0 Å². The van der Waals surface area contributed by atoms with Crippen molar-refractivity contribution in [2.45, 2.75) is 25.5 Å². The molecule has 2 N–H and O–H groups in total. The van der Waals surface area contributed by atoms with Crippen molar-refractivity contribution in [3.63, 3.8) is 0 Å². The van der Waals surface area contributed by atoms with Crippen molar-refractivity contribution in [2.24, 2.45) is 0 Å². The summed E-state index contributed by atoms with van der Waals surface area (Å²) >= 11 is 6.52. The van der Waals surface area contributed by atoms with Crippen LogP contribution in [0.3, 0.4) is 0 Å². The van der Waals surface area contributed by atoms with Crippen molar-refractivity contribution < 1.29 is 23.8 Å². The predicted molar refractivity (Wildman–Crippen MR) is 164 cm³/mol. The number of likely N-dealkylation sites (tertiary alicyclic amines) is 1. The lowest BCUT2D eigenvalue weighted by molar-refractivity contribution is -0.132. The van der Waals surface area contributed by atoms with Gasteiger partial charge in [0.05, 0.1) is 28.5 Å². The maximum absolute atomic E-state index is 13.4. The van der Waals surface area contributed by atoms with Gasteiger partial charge in [0.2, 0.25) is 11.8 Å². The number of pyridine rings is 1. The van der Waals surface area contributed by atoms with Gasteiger partial charge in [-0.25, -0.2) is 9.97 Å². The second-order valence-electron chi connectivity index (χ2n) is 9.69. The van der Waals surface area contributed by atoms with Crippen molar-refractivity contribution in [3.05, 3.63) is 84.4 Å². The average Bonchev–Trinajstić information content (AvgIpc) is 3.52. The molecule has 0 spiro atoms. The van der Waals surface area contributed by atoms with Crippen LogP contribution in [0.15, 0.2) is 73.7 Å². The van der Waals surface area contributed by atoms with Gasteiger partial charge in [-0.3, -0.25) is 14.6 Å². The van der Waals surface area contributed by atoms with Crippen LogP contribution in [0.4, 0.5) is 17.2 Å². The molecule has 1 saturated heterocycles. The number of carbonyl (C=O) groups excluding carboxylic acids is 2. The zero-order chi connectivity index (χ0) is 30.2. The summed E-state index contributed by atoms with van der Waals surface area (Å²) in [5, 5.41) is 7.29. The van der Waals surface area contributed by atoms with E-state index in [4.69, 9.17) is 25.8 Å². The van der Waals surface area contributed by atoms with Gasteiger partial charge in [0.1, 0.15) is 42.9 Å². The van der Waals surface area contributed by atoms with Gasteiger partial charge < -0.3 is 29.7 Å². The minimum absolute atomic E-state index is 0.263. The molecule has 2 aromatic carbocycles. The summed E-state index contributed by atoms with van der Waals surface area (Å²) in [5.74, 6) is 0.831. The largest absolute Gasteiger partial charge is 0.489 e. The molecular weight excluding hydrogens is 572 g/mol. The lowest BCUT2D eigenvalue weighted by Crippen LogP contribution is -2.42. The number of fused-ring (bicyclic) bond motifs is 1. The first-order chi connectivity index (χ1) is 21.0. The van der Waals surface area contributed by atoms with E-state index in [-0.39, 0.29) is 25.0 Å². The number of anilines is 3. The predicted octanol–water partition coefficient (Wildman–Crippen LogP) is 5.14. The average molecular weight is 603 g/mol. The molecule has 5 rings (SSSR count). The summed E-state index contributed by atoms with van der Waals surface area (Å²) in [7, 11) is 1.58. The van der Waals surface area contributed by atoms with Crippen LogP contribution in [-0.2, 0) is 20.9 Å². The Balaban J connectivity index is 1.40. The molecule has 0 unspecified atom stereocenters. The van der Waals surface area contributed by atoms with E-state index in [1.807, 2.05) is 24.3 Å². The second-order valence-corrected chi connectivity index (χ2v) is 10.1. The molecule has 4 aromatic rings. The smallest absolute Gasteiger partial charge is 0.247 e. The Morgan fingerprint density at radius 1 is 1.09 bits per heavy atom. The van der Waals surface area contributed by atoms with Crippen molar-refractivity contribution >= 4 is 51.5 Å². The molecule has 1 atom stereocenters. The van der Waals surface area contributed by atoms with Gasteiger partial charge in [0, 0.05) is 37.0 Å². The summed E-state index contributed by atoms with van der Waals surface area (Å²) in [6.45, 7) is 4.95. The Labute approximate surface area is 253 Å². The highest BCUT2D eigenvalue weighted by Gasteiger charge is 2.33. The fourth-order valence-electron chi connectivity index (χ4n) is 4.74. The van der Waals surface area contributed by atoms with E-state index >= 15 is 0 Å². The third kappa shape index (κ3) is 7.19. The number of carbonyl (C=O) groups is 2. The third-order valence-corrected chi connectivity index (χ3v) is 7.14. The number of nitrogens with one attached hydrogen (secondary N) is 2. The number of nitrogens with zero attached hydrogens (tertiary/aromatic N) is 4. The lowest BCUT2D eigenvalue weighted by Gasteiger charge is -2.23. The Kier molecular flexibility index (Phi) is 9.65. The fourth-order valence-corrected chi connectivity index (χ4v) is 4.97. The quantitative estimate of drug-likeness (QED) is 0.167. The molecule has 0 aliphatic carbocycles. The summed E-state index contributed by atoms with van der Waals surface area (Å²) in [6.07, 6.45) is 5.64. The molecule has 1 aliphatic rings. The Hall–Kier alpha value is -4.74. The minimum Gasteiger partial charge on any atom is -0.489 e. The number of ether oxygens (including phenoxy) is 3. The normalized spacial score (nSPS) is 14.4. The molecule has 3 heterocycles. The molecule has 12 heteroatoms. The SMILES string of the molecule is C=CC(=O)N1CCC[C@H]1C(=O)Nc1cc2c(Nc3ccc(OCc4ccccn4)c(Cl)c3)ncnc2cc1OCCOC. The highest BCUT2D eigenvalue weighted by molar-refractivity contribution is 6.32. The van der Waals surface area contributed by atoms with E-state index in [1.165, 1.54) is 17.3 Å². The maximum Gasteiger partial charge on any atom is 0.247 e. The number of methoxy groups -OCH3 is 1. The molecule has 11 nitrogen and oxygen atoms in total. The molecule has 2 aromatic heterocycles. The highest BCUT2D eigenvalue weighted by Crippen LogP contribution is 2.35. The molecule has 43 heavy (non-hydrogen) atoms. The standard InChI is InChI=1S/C31H31ClN6O5/c1-3-29(39)38-12-6-8-26(38)31(40)37-25-16-22-24(17-28(25)42-14-13-41-2)34-19-35-30(22)36-20-9-10-27(23(32)15-20)43-18-21-7-4-5-11-33-21/h3-5,7,9-11,15-17,19,26H,1,6,8,12-14,18H2,2H3,(H,37,40)(H,34,35,36)/t26-/m0/s1. The molecule has 1 aliphatic heterocycles. The van der Waals surface area contributed by atoms with Crippen LogP contribution in [-0.4, -0.2) is 64.6 Å². The van der Waals surface area contributed by atoms with Crippen LogP contribution >= 0.6 is 11.6 Å². The number of rotatable bonds is 12. The Morgan fingerprint density at radius 3 is 2.74 bits per heavy atom. The molecule has 0 bridgehead atoms. The lowest BCUT2D eigenvalue weighted by atomic mass is 10.1. The maximum atomic E-state index is 13.4. The molecule has 0 saturated carbocycles. The third-order valence-electron chi connectivity index (χ3n) is 6.85. The molecule has 0 radical (unpaired) electrons. The monoisotopic (exact) mass is 602 g/mol. The van der Waals surface area contributed by atoms with Crippen LogP contribution in [0.2, 0.25) is 5.02 Å². The van der Waals surface area contributed by atoms with Crippen molar-refractivity contribution in [3.8, 4) is 11.5 Å². The van der Waals surface area contributed by atoms with Crippen LogP contribution in [0.1, 0.15) is 18.5 Å². The number of benzene rings is 2. The first-order valence-electron chi connectivity index (χ1n) is 13.7. The molecular formula is C31H31ClN6O5. The van der Waals surface area contributed by atoms with Crippen LogP contribution in [0, 0.1) is 0 Å². The summed E-state index contributed by atoms with van der Waals surface area (Å²) < 4.78 is 16.9. The van der Waals surface area contributed by atoms with Crippen LogP contribution < -0.4 is 20.1 Å². The van der Waals surface area contributed by atoms with E-state index in [0.717, 1.165) is 12.1 Å². The van der Waals surface area contributed by atoms with Crippen molar-refractivity contribution in [1.82, 2.24) is 19.9 Å².